The summed E-state index contributed by atoms with van der Waals surface area (Å²) < 4.78 is 40.1. The highest BCUT2D eigenvalue weighted by molar-refractivity contribution is 7.92. The van der Waals surface area contributed by atoms with E-state index in [-0.39, 0.29) is 24.0 Å². The number of hydrogen-bond acceptors (Lipinski definition) is 6. The maximum absolute atomic E-state index is 13.4. The number of amides is 1. The van der Waals surface area contributed by atoms with Gasteiger partial charge < -0.3 is 14.4 Å². The van der Waals surface area contributed by atoms with Crippen LogP contribution in [0.5, 0.6) is 5.75 Å². The highest BCUT2D eigenvalue weighted by atomic mass is 32.2. The first-order chi connectivity index (χ1) is 19.0. The van der Waals surface area contributed by atoms with Crippen molar-refractivity contribution in [2.75, 3.05) is 23.1 Å². The van der Waals surface area contributed by atoms with Crippen molar-refractivity contribution in [3.8, 4) is 11.8 Å². The van der Waals surface area contributed by atoms with Crippen LogP contribution in [0.4, 0.5) is 10.5 Å². The fourth-order valence-corrected chi connectivity index (χ4v) is 6.74. The van der Waals surface area contributed by atoms with Gasteiger partial charge in [-0.15, -0.1) is 0 Å². The van der Waals surface area contributed by atoms with E-state index >= 15 is 0 Å². The molecule has 0 aliphatic carbocycles. The summed E-state index contributed by atoms with van der Waals surface area (Å²) in [6.07, 6.45) is 1.48. The molecule has 1 amide bonds. The van der Waals surface area contributed by atoms with Crippen molar-refractivity contribution >= 4 is 32.6 Å². The molecule has 9 heteroatoms. The van der Waals surface area contributed by atoms with Crippen LogP contribution in [0.3, 0.4) is 0 Å². The van der Waals surface area contributed by atoms with Crippen LogP contribution < -0.4 is 9.04 Å². The van der Waals surface area contributed by atoms with Crippen LogP contribution in [0.1, 0.15) is 63.3 Å². The number of rotatable bonds is 5. The van der Waals surface area contributed by atoms with Crippen molar-refractivity contribution in [3.63, 3.8) is 0 Å². The SMILES string of the molecule is CCS(=O)(=O)N1c2cc(OC3CCN(C(=O)OC(C)(C)C)CC3)ccc2CC1c1ccc2ccc(C#N)cc2c1. The lowest BCUT2D eigenvalue weighted by atomic mass is 9.98. The van der Waals surface area contributed by atoms with Gasteiger partial charge in [-0.25, -0.2) is 13.2 Å². The molecule has 1 unspecified atom stereocenters. The van der Waals surface area contributed by atoms with Gasteiger partial charge in [-0.3, -0.25) is 4.31 Å². The van der Waals surface area contributed by atoms with Crippen LogP contribution >= 0.6 is 0 Å². The van der Waals surface area contributed by atoms with E-state index in [1.165, 1.54) is 4.31 Å². The number of piperidine rings is 1. The van der Waals surface area contributed by atoms with E-state index in [4.69, 9.17) is 9.47 Å². The fraction of sp³-hybridized carbons (Fsp3) is 0.419. The average Bonchev–Trinajstić information content (AvgIpc) is 3.31. The van der Waals surface area contributed by atoms with E-state index in [1.807, 2.05) is 69.3 Å². The van der Waals surface area contributed by atoms with Gasteiger partial charge in [-0.1, -0.05) is 24.3 Å². The molecule has 1 fully saturated rings. The minimum atomic E-state index is -3.59. The third kappa shape index (κ3) is 5.73. The molecule has 0 saturated carbocycles. The minimum absolute atomic E-state index is 0.0245. The zero-order chi connectivity index (χ0) is 28.7. The highest BCUT2D eigenvalue weighted by Gasteiger charge is 2.38. The predicted molar refractivity (Wildman–Crippen MR) is 155 cm³/mol. The quantitative estimate of drug-likeness (QED) is 0.382. The Morgan fingerprint density at radius 3 is 2.42 bits per heavy atom. The number of anilines is 1. The van der Waals surface area contributed by atoms with Gasteiger partial charge in [-0.2, -0.15) is 5.26 Å². The van der Waals surface area contributed by atoms with Crippen LogP contribution in [-0.2, 0) is 21.2 Å². The highest BCUT2D eigenvalue weighted by Crippen LogP contribution is 2.45. The first kappa shape index (κ1) is 27.8. The Labute approximate surface area is 236 Å². The number of benzene rings is 3. The van der Waals surface area contributed by atoms with Gasteiger partial charge in [0.2, 0.25) is 10.0 Å². The summed E-state index contributed by atoms with van der Waals surface area (Å²) in [6.45, 7) is 8.29. The summed E-state index contributed by atoms with van der Waals surface area (Å²) in [4.78, 5) is 14.1. The summed E-state index contributed by atoms with van der Waals surface area (Å²) in [7, 11) is -3.59. The van der Waals surface area contributed by atoms with E-state index < -0.39 is 15.6 Å². The fourth-order valence-electron chi connectivity index (χ4n) is 5.41. The molecule has 0 spiro atoms. The minimum Gasteiger partial charge on any atom is -0.490 e. The second kappa shape index (κ2) is 10.7. The molecule has 40 heavy (non-hydrogen) atoms. The second-order valence-corrected chi connectivity index (χ2v) is 13.6. The standard InChI is InChI=1S/C31H35N3O5S/c1-5-40(36,37)34-28(23-9-8-22-7-6-21(20-32)16-25(22)17-23)18-24-10-11-27(19-29(24)34)38-26-12-14-33(15-13-26)30(35)39-31(2,3)4/h6-11,16-17,19,26,28H,5,12-15,18H2,1-4H3. The lowest BCUT2D eigenvalue weighted by molar-refractivity contribution is 0.0126. The average molecular weight is 562 g/mol. The number of carbonyl (C=O) groups is 1. The summed E-state index contributed by atoms with van der Waals surface area (Å²) in [6, 6.07) is 18.9. The molecule has 2 aliphatic heterocycles. The monoisotopic (exact) mass is 561 g/mol. The Hall–Kier alpha value is -3.77. The number of likely N-dealkylation sites (tertiary alicyclic amines) is 1. The number of hydrogen-bond donors (Lipinski definition) is 0. The maximum Gasteiger partial charge on any atom is 0.410 e. The number of nitrogens with zero attached hydrogens (tertiary/aromatic N) is 3. The summed E-state index contributed by atoms with van der Waals surface area (Å²) in [5, 5.41) is 11.2. The Kier molecular flexibility index (Phi) is 7.40. The molecule has 1 atom stereocenters. The molecular formula is C31H35N3O5S. The number of ether oxygens (including phenoxy) is 2. The molecule has 2 heterocycles. The van der Waals surface area contributed by atoms with Crippen molar-refractivity contribution in [3.05, 3.63) is 71.3 Å². The van der Waals surface area contributed by atoms with Gasteiger partial charge in [0.15, 0.2) is 0 Å². The van der Waals surface area contributed by atoms with Crippen LogP contribution in [-0.4, -0.2) is 50.0 Å². The lowest BCUT2D eigenvalue weighted by Crippen LogP contribution is -2.44. The molecule has 3 aromatic carbocycles. The predicted octanol–water partition coefficient (Wildman–Crippen LogP) is 5.94. The molecule has 3 aromatic rings. The van der Waals surface area contributed by atoms with E-state index in [0.717, 1.165) is 21.9 Å². The lowest BCUT2D eigenvalue weighted by Gasteiger charge is -2.33. The first-order valence-corrected chi connectivity index (χ1v) is 15.3. The molecule has 0 aromatic heterocycles. The van der Waals surface area contributed by atoms with Crippen molar-refractivity contribution in [1.29, 1.82) is 5.26 Å². The number of carbonyl (C=O) groups excluding carboxylic acids is 1. The summed E-state index contributed by atoms with van der Waals surface area (Å²) in [5.74, 6) is 0.590. The maximum atomic E-state index is 13.4. The Morgan fingerprint density at radius 2 is 1.75 bits per heavy atom. The number of nitriles is 1. The van der Waals surface area contributed by atoms with Gasteiger partial charge in [0.1, 0.15) is 17.5 Å². The zero-order valence-electron chi connectivity index (χ0n) is 23.4. The normalized spacial score (nSPS) is 17.9. The van der Waals surface area contributed by atoms with Crippen molar-refractivity contribution in [2.24, 2.45) is 0 Å². The number of fused-ring (bicyclic) bond motifs is 2. The largest absolute Gasteiger partial charge is 0.490 e. The van der Waals surface area contributed by atoms with Gasteiger partial charge in [0.05, 0.1) is 29.1 Å². The first-order valence-electron chi connectivity index (χ1n) is 13.7. The van der Waals surface area contributed by atoms with Crippen molar-refractivity contribution in [1.82, 2.24) is 4.90 Å². The van der Waals surface area contributed by atoms with Crippen LogP contribution in [0.2, 0.25) is 0 Å². The molecule has 2 aliphatic rings. The molecule has 210 valence electrons. The molecule has 5 rings (SSSR count). The Bertz CT molecular complexity index is 1580. The van der Waals surface area contributed by atoms with E-state index in [2.05, 4.69) is 6.07 Å². The number of sulfonamides is 1. The molecule has 0 N–H and O–H groups in total. The summed E-state index contributed by atoms with van der Waals surface area (Å²) in [5.41, 5.74) is 2.49. The molecular weight excluding hydrogens is 526 g/mol. The topological polar surface area (TPSA) is 99.9 Å². The van der Waals surface area contributed by atoms with Crippen molar-refractivity contribution in [2.45, 2.75) is 64.7 Å². The van der Waals surface area contributed by atoms with Gasteiger partial charge in [-0.05, 0) is 73.9 Å². The van der Waals surface area contributed by atoms with E-state index in [1.54, 1.807) is 17.9 Å². The molecule has 8 nitrogen and oxygen atoms in total. The third-order valence-corrected chi connectivity index (χ3v) is 9.21. The second-order valence-electron chi connectivity index (χ2n) is 11.4. The molecule has 0 bridgehead atoms. The Morgan fingerprint density at radius 1 is 1.02 bits per heavy atom. The van der Waals surface area contributed by atoms with E-state index in [0.29, 0.717) is 49.4 Å². The molecule has 1 saturated heterocycles. The Balaban J connectivity index is 1.37. The zero-order valence-corrected chi connectivity index (χ0v) is 24.2. The van der Waals surface area contributed by atoms with Gasteiger partial charge in [0, 0.05) is 38.4 Å². The third-order valence-electron chi connectivity index (χ3n) is 7.43. The van der Waals surface area contributed by atoms with Gasteiger partial charge in [0.25, 0.3) is 0 Å². The van der Waals surface area contributed by atoms with Crippen LogP contribution in [0, 0.1) is 11.3 Å². The summed E-state index contributed by atoms with van der Waals surface area (Å²) >= 11 is 0. The van der Waals surface area contributed by atoms with E-state index in [9.17, 15) is 18.5 Å². The van der Waals surface area contributed by atoms with Gasteiger partial charge >= 0.3 is 6.09 Å². The molecule has 0 radical (unpaired) electrons. The van der Waals surface area contributed by atoms with Crippen LogP contribution in [0.15, 0.2) is 54.6 Å². The smallest absolute Gasteiger partial charge is 0.410 e. The van der Waals surface area contributed by atoms with Crippen LogP contribution in [0.25, 0.3) is 10.8 Å². The van der Waals surface area contributed by atoms with Crippen molar-refractivity contribution < 1.29 is 22.7 Å².